The van der Waals surface area contributed by atoms with E-state index in [9.17, 15) is 0 Å². The maximum atomic E-state index is 4.82. The Labute approximate surface area is 198 Å². The summed E-state index contributed by atoms with van der Waals surface area (Å²) in [6, 6.07) is 0. The standard InChI is InChI=1S/2C6H18NSi2.K.Na/c2*1-8(2,3)7-9(4,5)6;;/h2*1-6H3;;/q2*-1;2*+1. The Morgan fingerprint density at radius 2 is 0.500 bits per heavy atom. The van der Waals surface area contributed by atoms with Crippen molar-refractivity contribution in [2.24, 2.45) is 0 Å². The molecule has 0 atom stereocenters. The van der Waals surface area contributed by atoms with E-state index in [1.165, 1.54) is 0 Å². The molecule has 0 unspecified atom stereocenters. The molecule has 0 heterocycles. The van der Waals surface area contributed by atoms with E-state index in [0.29, 0.717) is 0 Å². The summed E-state index contributed by atoms with van der Waals surface area (Å²) in [6.07, 6.45) is 0. The van der Waals surface area contributed by atoms with Gasteiger partial charge in [0.1, 0.15) is 0 Å². The van der Waals surface area contributed by atoms with Crippen molar-refractivity contribution in [2.45, 2.75) is 78.6 Å². The van der Waals surface area contributed by atoms with Crippen LogP contribution in [0.1, 0.15) is 0 Å². The average molecular weight is 383 g/mol. The summed E-state index contributed by atoms with van der Waals surface area (Å²) < 4.78 is 9.64. The minimum atomic E-state index is -1.11. The third-order valence-electron chi connectivity index (χ3n) is 1.34. The molecule has 20 heavy (non-hydrogen) atoms. The van der Waals surface area contributed by atoms with Crippen LogP contribution < -0.4 is 80.9 Å². The maximum absolute atomic E-state index is 4.82. The smallest absolute Gasteiger partial charge is 0.668 e. The molecule has 0 aliphatic rings. The summed E-state index contributed by atoms with van der Waals surface area (Å²) in [5.74, 6) is 0. The van der Waals surface area contributed by atoms with Crippen molar-refractivity contribution in [1.82, 2.24) is 0 Å². The molecular weight excluding hydrogens is 347 g/mol. The zero-order valence-corrected chi connectivity index (χ0v) is 26.0. The van der Waals surface area contributed by atoms with E-state index in [4.69, 9.17) is 9.30 Å². The van der Waals surface area contributed by atoms with Crippen LogP contribution in [0.4, 0.5) is 0 Å². The monoisotopic (exact) mass is 382 g/mol. The molecule has 0 aliphatic carbocycles. The summed E-state index contributed by atoms with van der Waals surface area (Å²) in [7, 11) is -4.42. The van der Waals surface area contributed by atoms with Gasteiger partial charge in [-0.3, -0.25) is 0 Å². The molecule has 0 fully saturated rings. The fourth-order valence-corrected chi connectivity index (χ4v) is 18.1. The Morgan fingerprint density at radius 1 is 0.400 bits per heavy atom. The largest absolute Gasteiger partial charge is 1.00 e. The molecular formula is C12H36KN2NaSi4. The maximum Gasteiger partial charge on any atom is 1.00 e. The van der Waals surface area contributed by atoms with Crippen LogP contribution in [0.25, 0.3) is 9.30 Å². The Bertz CT molecular complexity index is 190. The van der Waals surface area contributed by atoms with E-state index in [1.807, 2.05) is 0 Å². The summed E-state index contributed by atoms with van der Waals surface area (Å²) in [5, 5.41) is 0. The molecule has 0 N–H and O–H groups in total. The summed E-state index contributed by atoms with van der Waals surface area (Å²) in [4.78, 5) is 0. The predicted octanol–water partition coefficient (Wildman–Crippen LogP) is 0.0678. The van der Waals surface area contributed by atoms with Crippen molar-refractivity contribution in [2.75, 3.05) is 0 Å². The Kier molecular flexibility index (Phi) is 18.6. The molecule has 0 bridgehead atoms. The van der Waals surface area contributed by atoms with Gasteiger partial charge in [-0.05, 0) is 0 Å². The Morgan fingerprint density at radius 3 is 0.500 bits per heavy atom. The van der Waals surface area contributed by atoms with Crippen LogP contribution in [0.2, 0.25) is 78.6 Å². The molecule has 0 saturated carbocycles. The quantitative estimate of drug-likeness (QED) is 0.616. The van der Waals surface area contributed by atoms with Gasteiger partial charge in [-0.25, -0.2) is 0 Å². The first-order valence-corrected chi connectivity index (χ1v) is 20.7. The number of hydrogen-bond acceptors (Lipinski definition) is 0. The van der Waals surface area contributed by atoms with Gasteiger partial charge in [-0.15, -0.1) is 0 Å². The average Bonchev–Trinajstić information content (AvgIpc) is 1.64. The van der Waals surface area contributed by atoms with Crippen LogP contribution in [-0.2, 0) is 0 Å². The molecule has 0 aromatic carbocycles. The van der Waals surface area contributed by atoms with E-state index in [-0.39, 0.29) is 80.9 Å². The molecule has 112 valence electrons. The van der Waals surface area contributed by atoms with E-state index < -0.39 is 32.9 Å². The van der Waals surface area contributed by atoms with Gasteiger partial charge in [0.15, 0.2) is 0 Å². The summed E-state index contributed by atoms with van der Waals surface area (Å²) >= 11 is 0. The molecule has 0 radical (unpaired) electrons. The molecule has 0 aliphatic heterocycles. The van der Waals surface area contributed by atoms with Crippen molar-refractivity contribution >= 4 is 32.9 Å². The molecule has 0 rings (SSSR count). The molecule has 0 spiro atoms. The van der Waals surface area contributed by atoms with Gasteiger partial charge in [0.2, 0.25) is 0 Å². The zero-order valence-electron chi connectivity index (χ0n) is 16.9. The van der Waals surface area contributed by atoms with Gasteiger partial charge < -0.3 is 9.30 Å². The Hall–Kier alpha value is 3.42. The number of rotatable bonds is 4. The predicted molar refractivity (Wildman–Crippen MR) is 100 cm³/mol. The second kappa shape index (κ2) is 11.9. The number of hydrogen-bond donors (Lipinski definition) is 0. The van der Waals surface area contributed by atoms with Crippen LogP contribution in [0.5, 0.6) is 0 Å². The molecule has 2 nitrogen and oxygen atoms in total. The van der Waals surface area contributed by atoms with Gasteiger partial charge >= 0.3 is 80.9 Å². The fourth-order valence-electron chi connectivity index (χ4n) is 2.01. The molecule has 8 heteroatoms. The first-order chi connectivity index (χ1) is 7.41. The van der Waals surface area contributed by atoms with Crippen molar-refractivity contribution in [3.05, 3.63) is 9.30 Å². The SMILES string of the molecule is C[Si](C)(C)[N-][Si](C)(C)C.C[Si](C)(C)[N-][Si](C)(C)C.[K+].[Na+]. The van der Waals surface area contributed by atoms with Crippen molar-refractivity contribution < 1.29 is 80.9 Å². The van der Waals surface area contributed by atoms with E-state index in [2.05, 4.69) is 78.6 Å². The van der Waals surface area contributed by atoms with Crippen LogP contribution in [0, 0.1) is 0 Å². The van der Waals surface area contributed by atoms with E-state index >= 15 is 0 Å². The third-order valence-corrected chi connectivity index (χ3v) is 12.1. The van der Waals surface area contributed by atoms with Gasteiger partial charge in [0.05, 0.1) is 0 Å². The first kappa shape index (κ1) is 31.2. The molecule has 0 aromatic rings. The minimum absolute atomic E-state index is 0. The normalized spacial score (nSPS) is 12.6. The topological polar surface area (TPSA) is 28.2 Å². The Balaban J connectivity index is -0.000000116. The first-order valence-electron chi connectivity index (χ1n) is 6.89. The second-order valence-electron chi connectivity index (χ2n) is 8.91. The van der Waals surface area contributed by atoms with Crippen LogP contribution in [-0.4, -0.2) is 32.9 Å². The third kappa shape index (κ3) is 37.6. The van der Waals surface area contributed by atoms with Crippen molar-refractivity contribution in [3.8, 4) is 0 Å². The molecule has 0 amide bonds. The second-order valence-corrected chi connectivity index (χ2v) is 28.1. The summed E-state index contributed by atoms with van der Waals surface area (Å²) in [5.41, 5.74) is 0. The van der Waals surface area contributed by atoms with Gasteiger partial charge in [0.25, 0.3) is 0 Å². The zero-order chi connectivity index (χ0) is 15.4. The molecule has 0 saturated heterocycles. The van der Waals surface area contributed by atoms with E-state index in [1.54, 1.807) is 0 Å². The molecule has 0 aromatic heterocycles. The van der Waals surface area contributed by atoms with E-state index in [0.717, 1.165) is 0 Å². The fraction of sp³-hybridized carbons (Fsp3) is 1.00. The van der Waals surface area contributed by atoms with Crippen molar-refractivity contribution in [1.29, 1.82) is 0 Å². The van der Waals surface area contributed by atoms with Gasteiger partial charge in [-0.2, -0.15) is 0 Å². The summed E-state index contributed by atoms with van der Waals surface area (Å²) in [6.45, 7) is 27.6. The van der Waals surface area contributed by atoms with Gasteiger partial charge in [0, 0.05) is 0 Å². The minimum Gasteiger partial charge on any atom is -0.668 e. The number of nitrogens with zero attached hydrogens (tertiary/aromatic N) is 2. The van der Waals surface area contributed by atoms with Crippen LogP contribution in [0.15, 0.2) is 0 Å². The van der Waals surface area contributed by atoms with Crippen LogP contribution >= 0.6 is 0 Å². The van der Waals surface area contributed by atoms with Crippen molar-refractivity contribution in [3.63, 3.8) is 0 Å². The van der Waals surface area contributed by atoms with Crippen LogP contribution in [0.3, 0.4) is 0 Å². The van der Waals surface area contributed by atoms with Gasteiger partial charge in [-0.1, -0.05) is 112 Å².